The molecule has 2 aromatic heterocycles. The van der Waals surface area contributed by atoms with Gasteiger partial charge in [0.2, 0.25) is 0 Å². The Hall–Kier alpha value is -1.97. The summed E-state index contributed by atoms with van der Waals surface area (Å²) < 4.78 is 55.1. The van der Waals surface area contributed by atoms with Crippen LogP contribution in [0.4, 0.5) is 13.2 Å². The number of nitrogens with zero attached hydrogens (tertiary/aromatic N) is 2. The van der Waals surface area contributed by atoms with Crippen LogP contribution in [0.2, 0.25) is 0 Å². The minimum atomic E-state index is -4.41. The summed E-state index contributed by atoms with van der Waals surface area (Å²) in [5.74, 6) is 0.100. The summed E-state index contributed by atoms with van der Waals surface area (Å²) in [5.41, 5.74) is 2.48. The van der Waals surface area contributed by atoms with Gasteiger partial charge < -0.3 is 0 Å². The predicted molar refractivity (Wildman–Crippen MR) is 86.4 cm³/mol. The Morgan fingerprint density at radius 2 is 2.00 bits per heavy atom. The molecule has 0 radical (unpaired) electrons. The van der Waals surface area contributed by atoms with Crippen molar-refractivity contribution in [2.24, 2.45) is 0 Å². The molecule has 0 unspecified atom stereocenters. The van der Waals surface area contributed by atoms with Crippen molar-refractivity contribution in [3.63, 3.8) is 0 Å². The van der Waals surface area contributed by atoms with E-state index in [0.29, 0.717) is 15.1 Å². The molecule has 0 aliphatic rings. The minimum absolute atomic E-state index is 0.100. The van der Waals surface area contributed by atoms with Crippen LogP contribution < -0.4 is 8.58 Å². The quantitative estimate of drug-likeness (QED) is 0.600. The summed E-state index contributed by atoms with van der Waals surface area (Å²) in [6.07, 6.45) is -3.05. The first-order valence-corrected chi connectivity index (χ1v) is 12.1. The van der Waals surface area contributed by atoms with Crippen molar-refractivity contribution >= 4 is 34.6 Å². The van der Waals surface area contributed by atoms with E-state index in [1.54, 1.807) is 6.92 Å². The molecule has 130 valence electrons. The van der Waals surface area contributed by atoms with Gasteiger partial charge in [-0.2, -0.15) is 0 Å². The maximum atomic E-state index is 12.7. The molecule has 0 spiro atoms. The van der Waals surface area contributed by atoms with Gasteiger partial charge in [0.1, 0.15) is 0 Å². The average molecular weight is 456 g/mol. The number of para-hydroxylation sites is 2. The standard InChI is InChI=1S/C9H9F3NO.C7H5N2.O.Sn/c1-6-7(2)13-4-3-8(6)14-5-9(10,11)12;1-2-4-7-6(3-1)8-5-9-7;;/h3-4H,2,5H2,1H3;1-4H,(H,8,9);;. The third kappa shape index (κ3) is 4.36. The molecule has 0 bridgehead atoms. The Morgan fingerprint density at radius 1 is 1.24 bits per heavy atom. The number of hydrogen-bond acceptors (Lipinski definition) is 4. The van der Waals surface area contributed by atoms with E-state index >= 15 is 0 Å². The van der Waals surface area contributed by atoms with Crippen LogP contribution in [-0.4, -0.2) is 47.5 Å². The van der Waals surface area contributed by atoms with Crippen LogP contribution in [0.5, 0.6) is 5.75 Å². The molecule has 0 aliphatic carbocycles. The summed E-state index contributed by atoms with van der Waals surface area (Å²) in [6.45, 7) is 0.243. The molecule has 3 aromatic rings. The van der Waals surface area contributed by atoms with Gasteiger partial charge in [0.25, 0.3) is 0 Å². The van der Waals surface area contributed by atoms with E-state index in [1.807, 2.05) is 24.3 Å². The molecule has 1 N–H and O–H groups in total. The van der Waals surface area contributed by atoms with Gasteiger partial charge in [0.15, 0.2) is 0 Å². The van der Waals surface area contributed by atoms with Crippen molar-refractivity contribution in [2.75, 3.05) is 6.61 Å². The van der Waals surface area contributed by atoms with Crippen LogP contribution in [0.25, 0.3) is 11.0 Å². The molecule has 2 heterocycles. The first kappa shape index (κ1) is 17.8. The normalized spacial score (nSPS) is 11.7. The zero-order valence-electron chi connectivity index (χ0n) is 13.2. The van der Waals surface area contributed by atoms with Crippen molar-refractivity contribution in [1.29, 1.82) is 0 Å². The molecule has 0 aliphatic heterocycles. The van der Waals surface area contributed by atoms with E-state index < -0.39 is 32.5 Å². The number of imidazole rings is 1. The Morgan fingerprint density at radius 3 is 2.72 bits per heavy atom. The topological polar surface area (TPSA) is 67.9 Å². The van der Waals surface area contributed by atoms with Crippen molar-refractivity contribution < 1.29 is 21.0 Å². The molecule has 0 fully saturated rings. The average Bonchev–Trinajstić information content (AvgIpc) is 2.99. The number of alkyl halides is 3. The first-order valence-electron chi connectivity index (χ1n) is 7.45. The molecular formula is C16H14F3N3O2Sn. The molecule has 0 amide bonds. The Balaban J connectivity index is 1.79. The van der Waals surface area contributed by atoms with Gasteiger partial charge in [0, 0.05) is 0 Å². The van der Waals surface area contributed by atoms with E-state index in [1.165, 1.54) is 12.3 Å². The number of halogens is 3. The Labute approximate surface area is 148 Å². The van der Waals surface area contributed by atoms with E-state index in [4.69, 9.17) is 4.74 Å². The van der Waals surface area contributed by atoms with E-state index in [9.17, 15) is 16.2 Å². The summed E-state index contributed by atoms with van der Waals surface area (Å²) in [6, 6.07) is 8.73. The monoisotopic (exact) mass is 457 g/mol. The number of ether oxygens (including phenoxy) is 1. The molecule has 25 heavy (non-hydrogen) atoms. The van der Waals surface area contributed by atoms with Gasteiger partial charge in [-0.05, 0) is 0 Å². The van der Waals surface area contributed by atoms with Crippen molar-refractivity contribution in [2.45, 2.75) is 17.5 Å². The van der Waals surface area contributed by atoms with Crippen LogP contribution in [0.1, 0.15) is 11.3 Å². The van der Waals surface area contributed by atoms with Gasteiger partial charge >= 0.3 is 148 Å². The number of benzene rings is 1. The number of nitrogens with one attached hydrogen (secondary N) is 1. The van der Waals surface area contributed by atoms with Crippen molar-refractivity contribution in [3.05, 3.63) is 47.8 Å². The summed E-state index contributed by atoms with van der Waals surface area (Å²) >= 11 is -3.35. The fraction of sp³-hybridized carbons (Fsp3) is 0.250. The predicted octanol–water partition coefficient (Wildman–Crippen LogP) is 2.62. The summed E-state index contributed by atoms with van der Waals surface area (Å²) in [7, 11) is 0. The fourth-order valence-electron chi connectivity index (χ4n) is 2.37. The zero-order valence-corrected chi connectivity index (χ0v) is 16.1. The molecule has 5 nitrogen and oxygen atoms in total. The van der Waals surface area contributed by atoms with Crippen molar-refractivity contribution in [1.82, 2.24) is 15.0 Å². The Kier molecular flexibility index (Phi) is 5.07. The molecule has 3 rings (SSSR count). The van der Waals surface area contributed by atoms with Crippen LogP contribution in [0, 0.1) is 6.92 Å². The van der Waals surface area contributed by atoms with Crippen LogP contribution >= 0.6 is 0 Å². The number of rotatable bonds is 5. The van der Waals surface area contributed by atoms with Crippen LogP contribution in [-0.2, 0) is 7.51 Å². The van der Waals surface area contributed by atoms with Gasteiger partial charge in [0.05, 0.1) is 0 Å². The second-order valence-electron chi connectivity index (χ2n) is 5.49. The van der Waals surface area contributed by atoms with Gasteiger partial charge in [-0.15, -0.1) is 0 Å². The second-order valence-corrected chi connectivity index (χ2v) is 10.3. The number of hydrogen-bond donors (Lipinski definition) is 1. The molecule has 0 atom stereocenters. The second kappa shape index (κ2) is 7.10. The molecule has 9 heteroatoms. The molecule has 1 aromatic carbocycles. The number of pyridine rings is 1. The molecule has 0 saturated carbocycles. The first-order chi connectivity index (χ1) is 11.8. The third-order valence-electron chi connectivity index (χ3n) is 3.63. The SMILES string of the molecule is Cc1c(OCC(F)(F)F)ccnc1[CH2][Sn](=[O])[c]1nc2ccccc2[nH]1. The van der Waals surface area contributed by atoms with E-state index in [2.05, 4.69) is 15.0 Å². The van der Waals surface area contributed by atoms with E-state index in [0.717, 1.165) is 11.0 Å². The zero-order chi connectivity index (χ0) is 18.0. The number of fused-ring (bicyclic) bond motifs is 1. The maximum absolute atomic E-state index is 12.7. The van der Waals surface area contributed by atoms with E-state index in [-0.39, 0.29) is 10.2 Å². The number of aromatic nitrogens is 3. The Bertz CT molecular complexity index is 891. The molecular weight excluding hydrogens is 442 g/mol. The van der Waals surface area contributed by atoms with Crippen LogP contribution in [0.15, 0.2) is 36.5 Å². The van der Waals surface area contributed by atoms with Gasteiger partial charge in [-0.3, -0.25) is 0 Å². The van der Waals surface area contributed by atoms with Gasteiger partial charge in [-0.1, -0.05) is 0 Å². The summed E-state index contributed by atoms with van der Waals surface area (Å²) in [5, 5.41) is 0. The third-order valence-corrected chi connectivity index (χ3v) is 7.69. The number of H-pyrrole nitrogens is 1. The fourth-order valence-corrected chi connectivity index (χ4v) is 6.22. The number of aromatic amines is 1. The van der Waals surface area contributed by atoms with Crippen LogP contribution in [0.3, 0.4) is 0 Å². The van der Waals surface area contributed by atoms with Gasteiger partial charge in [-0.25, -0.2) is 0 Å². The molecule has 0 saturated heterocycles. The summed E-state index contributed by atoms with van der Waals surface area (Å²) in [4.78, 5) is 11.5. The van der Waals surface area contributed by atoms with Crippen molar-refractivity contribution in [3.8, 4) is 5.75 Å².